The number of nitrogens with zero attached hydrogens (tertiary/aromatic N) is 4. The quantitative estimate of drug-likeness (QED) is 0.433. The molecule has 8 nitrogen and oxygen atoms in total. The number of benzene rings is 3. The van der Waals surface area contributed by atoms with Crippen molar-refractivity contribution in [2.24, 2.45) is 5.73 Å². The Morgan fingerprint density at radius 1 is 0.861 bits per heavy atom. The Labute approximate surface area is 213 Å². The monoisotopic (exact) mass is 501 g/mol. The predicted molar refractivity (Wildman–Crippen MR) is 140 cm³/mol. The summed E-state index contributed by atoms with van der Waals surface area (Å²) in [4.78, 5) is 28.7. The largest absolute Gasteiger partial charge is 0.449 e. The molecule has 1 aliphatic heterocycles. The van der Waals surface area contributed by atoms with E-state index in [-0.39, 0.29) is 5.75 Å². The van der Waals surface area contributed by atoms with Crippen LogP contribution in [0.25, 0.3) is 16.8 Å². The van der Waals surface area contributed by atoms with E-state index >= 15 is 0 Å². The molecule has 0 bridgehead atoms. The summed E-state index contributed by atoms with van der Waals surface area (Å²) in [5.41, 5.74) is 8.28. The molecule has 36 heavy (non-hydrogen) atoms. The molecule has 1 fully saturated rings. The van der Waals surface area contributed by atoms with Gasteiger partial charge in [-0.2, -0.15) is 9.78 Å². The second-order valence-electron chi connectivity index (χ2n) is 8.36. The van der Waals surface area contributed by atoms with Crippen molar-refractivity contribution in [3.8, 4) is 28.3 Å². The lowest BCUT2D eigenvalue weighted by molar-refractivity contribution is 0.204. The van der Waals surface area contributed by atoms with Crippen LogP contribution in [0, 0.1) is 0 Å². The van der Waals surface area contributed by atoms with E-state index in [1.165, 1.54) is 4.68 Å². The first kappa shape index (κ1) is 23.4. The predicted octanol–water partition coefficient (Wildman–Crippen LogP) is 4.55. The smallest absolute Gasteiger partial charge is 0.316 e. The summed E-state index contributed by atoms with van der Waals surface area (Å²) in [6, 6.07) is 24.0. The molecule has 0 radical (unpaired) electrons. The lowest BCUT2D eigenvalue weighted by atomic mass is 10.1. The topological polar surface area (TPSA) is 93.7 Å². The number of hydrogen-bond acceptors (Lipinski definition) is 5. The molecule has 1 saturated heterocycles. The van der Waals surface area contributed by atoms with Gasteiger partial charge in [0.15, 0.2) is 0 Å². The van der Waals surface area contributed by atoms with Crippen molar-refractivity contribution in [3.05, 3.63) is 100 Å². The number of anilines is 1. The minimum Gasteiger partial charge on any atom is -0.449 e. The molecule has 3 aromatic carbocycles. The number of primary amides is 1. The van der Waals surface area contributed by atoms with E-state index in [0.29, 0.717) is 48.3 Å². The maximum atomic E-state index is 13.6. The van der Waals surface area contributed by atoms with Crippen molar-refractivity contribution < 1.29 is 9.53 Å². The van der Waals surface area contributed by atoms with Crippen LogP contribution in [0.15, 0.2) is 89.9 Å². The van der Waals surface area contributed by atoms with Gasteiger partial charge in [0.05, 0.1) is 11.9 Å². The number of nitrogens with two attached hydrogens (primary N) is 1. The zero-order valence-electron chi connectivity index (χ0n) is 19.4. The normalized spacial score (nSPS) is 13.5. The summed E-state index contributed by atoms with van der Waals surface area (Å²) >= 11 is 6.02. The molecule has 2 amide bonds. The number of ether oxygens (including phenoxy) is 1. The van der Waals surface area contributed by atoms with E-state index in [2.05, 4.69) is 5.10 Å². The molecule has 0 atom stereocenters. The fourth-order valence-electron chi connectivity index (χ4n) is 4.15. The van der Waals surface area contributed by atoms with E-state index in [0.717, 1.165) is 11.1 Å². The van der Waals surface area contributed by atoms with E-state index < -0.39 is 11.6 Å². The van der Waals surface area contributed by atoms with Crippen LogP contribution in [0.3, 0.4) is 0 Å². The molecule has 0 aliphatic carbocycles. The lowest BCUT2D eigenvalue weighted by Gasteiger charge is -2.35. The highest BCUT2D eigenvalue weighted by Gasteiger charge is 2.25. The molecular formula is C27H24ClN5O3. The standard InChI is InChI=1S/C27H24ClN5O3/c28-21-8-10-22(11-9-21)33-26(34)25(24(18-30-33)31-14-16-32(17-15-31)27(29)35)36-23-12-6-20(7-13-23)19-4-2-1-3-5-19/h1-13,18H,14-17H2,(H2,29,35). The number of carbonyl (C=O) groups is 1. The van der Waals surface area contributed by atoms with Crippen LogP contribution in [0.2, 0.25) is 5.02 Å². The Kier molecular flexibility index (Phi) is 6.60. The van der Waals surface area contributed by atoms with Crippen LogP contribution in [-0.2, 0) is 0 Å². The van der Waals surface area contributed by atoms with Crippen molar-refractivity contribution in [1.29, 1.82) is 0 Å². The van der Waals surface area contributed by atoms with Crippen molar-refractivity contribution in [3.63, 3.8) is 0 Å². The van der Waals surface area contributed by atoms with E-state index in [1.807, 2.05) is 59.5 Å². The highest BCUT2D eigenvalue weighted by Crippen LogP contribution is 2.31. The number of piperazine rings is 1. The third-order valence-electron chi connectivity index (χ3n) is 6.10. The Balaban J connectivity index is 1.50. The molecule has 182 valence electrons. The summed E-state index contributed by atoms with van der Waals surface area (Å²) in [5.74, 6) is 0.678. The second kappa shape index (κ2) is 10.1. The van der Waals surface area contributed by atoms with Gasteiger partial charge in [0.25, 0.3) is 0 Å². The zero-order chi connectivity index (χ0) is 25.1. The van der Waals surface area contributed by atoms with Crippen LogP contribution < -0.4 is 20.9 Å². The van der Waals surface area contributed by atoms with Gasteiger partial charge >= 0.3 is 11.6 Å². The number of urea groups is 1. The third-order valence-corrected chi connectivity index (χ3v) is 6.35. The highest BCUT2D eigenvalue weighted by atomic mass is 35.5. The number of hydrogen-bond donors (Lipinski definition) is 1. The average molecular weight is 502 g/mol. The molecule has 5 rings (SSSR count). The number of halogens is 1. The molecule has 0 unspecified atom stereocenters. The summed E-state index contributed by atoms with van der Waals surface area (Å²) in [7, 11) is 0. The molecule has 1 aliphatic rings. The molecule has 2 heterocycles. The fraction of sp³-hybridized carbons (Fsp3) is 0.148. The molecule has 1 aromatic heterocycles. The molecule has 0 saturated carbocycles. The van der Waals surface area contributed by atoms with Crippen LogP contribution >= 0.6 is 11.6 Å². The van der Waals surface area contributed by atoms with Gasteiger partial charge in [0, 0.05) is 31.2 Å². The number of amides is 2. The number of aromatic nitrogens is 2. The molecule has 9 heteroatoms. The molecule has 2 N–H and O–H groups in total. The first-order valence-electron chi connectivity index (χ1n) is 11.5. The van der Waals surface area contributed by atoms with Crippen molar-refractivity contribution in [2.45, 2.75) is 0 Å². The van der Waals surface area contributed by atoms with Gasteiger partial charge in [-0.25, -0.2) is 4.79 Å². The lowest BCUT2D eigenvalue weighted by Crippen LogP contribution is -2.50. The number of rotatable bonds is 5. The second-order valence-corrected chi connectivity index (χ2v) is 8.79. The first-order valence-corrected chi connectivity index (χ1v) is 11.9. The van der Waals surface area contributed by atoms with Crippen LogP contribution in [-0.4, -0.2) is 46.9 Å². The number of carbonyl (C=O) groups excluding carboxylic acids is 1. The zero-order valence-corrected chi connectivity index (χ0v) is 20.1. The summed E-state index contributed by atoms with van der Waals surface area (Å²) < 4.78 is 7.48. The van der Waals surface area contributed by atoms with E-state index in [1.54, 1.807) is 35.4 Å². The Morgan fingerprint density at radius 2 is 1.50 bits per heavy atom. The van der Waals surface area contributed by atoms with Crippen molar-refractivity contribution >= 4 is 23.3 Å². The third kappa shape index (κ3) is 4.89. The Hall–Kier alpha value is -4.30. The summed E-state index contributed by atoms with van der Waals surface area (Å²) in [6.07, 6.45) is 1.61. The summed E-state index contributed by atoms with van der Waals surface area (Å²) in [5, 5.41) is 4.96. The van der Waals surface area contributed by atoms with Crippen LogP contribution in [0.5, 0.6) is 11.5 Å². The highest BCUT2D eigenvalue weighted by molar-refractivity contribution is 6.30. The van der Waals surface area contributed by atoms with Crippen LogP contribution in [0.1, 0.15) is 0 Å². The van der Waals surface area contributed by atoms with Crippen molar-refractivity contribution in [1.82, 2.24) is 14.7 Å². The summed E-state index contributed by atoms with van der Waals surface area (Å²) in [6.45, 7) is 1.89. The minimum atomic E-state index is -0.457. The average Bonchev–Trinajstić information content (AvgIpc) is 2.91. The Morgan fingerprint density at radius 3 is 2.14 bits per heavy atom. The van der Waals surface area contributed by atoms with Crippen LogP contribution in [0.4, 0.5) is 10.5 Å². The van der Waals surface area contributed by atoms with Gasteiger partial charge in [-0.3, -0.25) is 4.79 Å². The minimum absolute atomic E-state index is 0.153. The SMILES string of the molecule is NC(=O)N1CCN(c2cnn(-c3ccc(Cl)cc3)c(=O)c2Oc2ccc(-c3ccccc3)cc2)CC1. The van der Waals surface area contributed by atoms with Gasteiger partial charge in [-0.1, -0.05) is 54.1 Å². The first-order chi connectivity index (χ1) is 17.5. The molecular weight excluding hydrogens is 478 g/mol. The fourth-order valence-corrected chi connectivity index (χ4v) is 4.27. The van der Waals surface area contributed by atoms with Gasteiger partial charge < -0.3 is 20.3 Å². The van der Waals surface area contributed by atoms with Gasteiger partial charge in [-0.05, 0) is 47.5 Å². The Bertz CT molecular complexity index is 1410. The van der Waals surface area contributed by atoms with Gasteiger partial charge in [-0.15, -0.1) is 0 Å². The maximum absolute atomic E-state index is 13.6. The molecule has 4 aromatic rings. The van der Waals surface area contributed by atoms with E-state index in [4.69, 9.17) is 22.1 Å². The van der Waals surface area contributed by atoms with Gasteiger partial charge in [0.1, 0.15) is 11.4 Å². The van der Waals surface area contributed by atoms with Crippen molar-refractivity contribution in [2.75, 3.05) is 31.1 Å². The molecule has 0 spiro atoms. The van der Waals surface area contributed by atoms with Gasteiger partial charge in [0.2, 0.25) is 5.75 Å². The maximum Gasteiger partial charge on any atom is 0.316 e. The van der Waals surface area contributed by atoms with E-state index in [9.17, 15) is 9.59 Å².